The van der Waals surface area contributed by atoms with E-state index >= 15 is 0 Å². The highest BCUT2D eigenvalue weighted by molar-refractivity contribution is 7.93. The van der Waals surface area contributed by atoms with E-state index in [1.807, 2.05) is 6.92 Å². The number of anilines is 2. The maximum Gasteiger partial charge on any atom is 0.264 e. The molecule has 7 nitrogen and oxygen atoms in total. The first-order valence-corrected chi connectivity index (χ1v) is 11.6. The van der Waals surface area contributed by atoms with E-state index in [0.29, 0.717) is 11.3 Å². The highest BCUT2D eigenvalue weighted by Crippen LogP contribution is 2.32. The number of nitrogen functional groups attached to an aromatic ring is 1. The van der Waals surface area contributed by atoms with Crippen LogP contribution in [0.4, 0.5) is 11.4 Å². The Labute approximate surface area is 159 Å². The second-order valence-corrected chi connectivity index (χ2v) is 10.8. The Hall–Kier alpha value is -2.10. The van der Waals surface area contributed by atoms with Crippen LogP contribution in [0.1, 0.15) is 11.1 Å². The molecule has 1 fully saturated rings. The molecule has 146 valence electrons. The van der Waals surface area contributed by atoms with Crippen LogP contribution in [0.3, 0.4) is 0 Å². The molecule has 0 saturated carbocycles. The SMILES string of the molecule is Cc1ccc(S(=O)(=O)N(c2ccc(N)cc2)[C@H]2CS(=O)(=O)C[C@@H]2O)c(C)c1. The van der Waals surface area contributed by atoms with Crippen LogP contribution < -0.4 is 10.0 Å². The van der Waals surface area contributed by atoms with Crippen molar-refractivity contribution in [3.8, 4) is 0 Å². The van der Waals surface area contributed by atoms with Gasteiger partial charge in [0.1, 0.15) is 0 Å². The molecule has 2 aromatic rings. The molecule has 0 aromatic heterocycles. The van der Waals surface area contributed by atoms with Crippen LogP contribution in [0.5, 0.6) is 0 Å². The molecule has 0 radical (unpaired) electrons. The van der Waals surface area contributed by atoms with Crippen molar-refractivity contribution in [3.63, 3.8) is 0 Å². The summed E-state index contributed by atoms with van der Waals surface area (Å²) in [6, 6.07) is 9.91. The Morgan fingerprint density at radius 3 is 2.22 bits per heavy atom. The van der Waals surface area contributed by atoms with Crippen molar-refractivity contribution in [3.05, 3.63) is 53.6 Å². The van der Waals surface area contributed by atoms with E-state index < -0.39 is 43.5 Å². The lowest BCUT2D eigenvalue weighted by Crippen LogP contribution is -2.47. The topological polar surface area (TPSA) is 118 Å². The van der Waals surface area contributed by atoms with Gasteiger partial charge in [-0.2, -0.15) is 0 Å². The quantitative estimate of drug-likeness (QED) is 0.732. The summed E-state index contributed by atoms with van der Waals surface area (Å²) in [6.07, 6.45) is -1.31. The average Bonchev–Trinajstić information content (AvgIpc) is 2.81. The zero-order valence-corrected chi connectivity index (χ0v) is 16.7. The summed E-state index contributed by atoms with van der Waals surface area (Å²) in [5.41, 5.74) is 7.86. The van der Waals surface area contributed by atoms with Crippen molar-refractivity contribution < 1.29 is 21.9 Å². The number of nitrogens with two attached hydrogens (primary N) is 1. The molecule has 3 N–H and O–H groups in total. The first-order valence-electron chi connectivity index (χ1n) is 8.37. The highest BCUT2D eigenvalue weighted by Gasteiger charge is 2.45. The van der Waals surface area contributed by atoms with Crippen LogP contribution >= 0.6 is 0 Å². The monoisotopic (exact) mass is 410 g/mol. The summed E-state index contributed by atoms with van der Waals surface area (Å²) in [4.78, 5) is 0.0708. The number of rotatable bonds is 4. The van der Waals surface area contributed by atoms with E-state index in [4.69, 9.17) is 5.73 Å². The van der Waals surface area contributed by atoms with E-state index in [9.17, 15) is 21.9 Å². The van der Waals surface area contributed by atoms with Gasteiger partial charge >= 0.3 is 0 Å². The first kappa shape index (κ1) is 19.7. The highest BCUT2D eigenvalue weighted by atomic mass is 32.2. The zero-order chi connectivity index (χ0) is 20.0. The molecule has 9 heteroatoms. The number of aryl methyl sites for hydroxylation is 2. The lowest BCUT2D eigenvalue weighted by molar-refractivity contribution is 0.184. The van der Waals surface area contributed by atoms with Crippen molar-refractivity contribution in [2.45, 2.75) is 30.9 Å². The molecular formula is C18H22N2O5S2. The number of benzene rings is 2. The Kier molecular flexibility index (Phi) is 4.96. The molecule has 0 amide bonds. The predicted molar refractivity (Wildman–Crippen MR) is 105 cm³/mol. The van der Waals surface area contributed by atoms with Crippen molar-refractivity contribution in [1.82, 2.24) is 0 Å². The zero-order valence-electron chi connectivity index (χ0n) is 15.0. The number of aliphatic hydroxyl groups excluding tert-OH is 1. The van der Waals surface area contributed by atoms with Gasteiger partial charge in [-0.15, -0.1) is 0 Å². The molecule has 2 aromatic carbocycles. The molecule has 1 heterocycles. The Morgan fingerprint density at radius 1 is 1.07 bits per heavy atom. The van der Waals surface area contributed by atoms with E-state index in [-0.39, 0.29) is 10.6 Å². The minimum atomic E-state index is -4.11. The summed E-state index contributed by atoms with van der Waals surface area (Å²) in [6.45, 7) is 3.54. The third-order valence-electron chi connectivity index (χ3n) is 4.61. The van der Waals surface area contributed by atoms with Gasteiger partial charge in [-0.05, 0) is 49.7 Å². The van der Waals surface area contributed by atoms with Crippen LogP contribution in [0.25, 0.3) is 0 Å². The fourth-order valence-corrected chi connectivity index (χ4v) is 7.11. The van der Waals surface area contributed by atoms with Gasteiger partial charge in [0.2, 0.25) is 0 Å². The second-order valence-electron chi connectivity index (χ2n) is 6.87. The number of sulfonamides is 1. The van der Waals surface area contributed by atoms with Gasteiger partial charge in [-0.3, -0.25) is 4.31 Å². The van der Waals surface area contributed by atoms with Gasteiger partial charge in [0.05, 0.1) is 34.2 Å². The summed E-state index contributed by atoms with van der Waals surface area (Å²) in [5.74, 6) is -0.909. The molecule has 0 unspecified atom stereocenters. The molecule has 1 aliphatic rings. The minimum Gasteiger partial charge on any atom is -0.399 e. The molecule has 2 atom stereocenters. The number of hydrogen-bond acceptors (Lipinski definition) is 6. The molecule has 0 bridgehead atoms. The number of aliphatic hydroxyl groups is 1. The largest absolute Gasteiger partial charge is 0.399 e. The normalized spacial score (nSPS) is 21.9. The van der Waals surface area contributed by atoms with Crippen molar-refractivity contribution in [2.24, 2.45) is 0 Å². The number of hydrogen-bond donors (Lipinski definition) is 2. The predicted octanol–water partition coefficient (Wildman–Crippen LogP) is 1.24. The van der Waals surface area contributed by atoms with Crippen LogP contribution in [0.15, 0.2) is 47.4 Å². The van der Waals surface area contributed by atoms with Crippen LogP contribution in [-0.4, -0.2) is 45.6 Å². The van der Waals surface area contributed by atoms with Gasteiger partial charge in [0, 0.05) is 5.69 Å². The third-order valence-corrected chi connectivity index (χ3v) is 8.32. The van der Waals surface area contributed by atoms with E-state index in [0.717, 1.165) is 9.87 Å². The average molecular weight is 411 g/mol. The number of nitrogens with zero attached hydrogens (tertiary/aromatic N) is 1. The lowest BCUT2D eigenvalue weighted by atomic mass is 10.2. The Morgan fingerprint density at radius 2 is 1.70 bits per heavy atom. The molecule has 1 aliphatic heterocycles. The second kappa shape index (κ2) is 6.81. The van der Waals surface area contributed by atoms with Gasteiger partial charge in [-0.1, -0.05) is 17.7 Å². The van der Waals surface area contributed by atoms with Gasteiger partial charge in [0.15, 0.2) is 9.84 Å². The van der Waals surface area contributed by atoms with Gasteiger partial charge < -0.3 is 10.8 Å². The summed E-state index contributed by atoms with van der Waals surface area (Å²) >= 11 is 0. The van der Waals surface area contributed by atoms with Crippen molar-refractivity contribution >= 4 is 31.2 Å². The standard InChI is InChI=1S/C18H22N2O5S2/c1-12-3-8-18(13(2)9-12)27(24,25)20(15-6-4-14(19)5-7-15)16-10-26(22,23)11-17(16)21/h3-9,16-17,21H,10-11,19H2,1-2H3/t16-,17-/m0/s1. The van der Waals surface area contributed by atoms with Gasteiger partial charge in [0.25, 0.3) is 10.0 Å². The van der Waals surface area contributed by atoms with Crippen LogP contribution in [0, 0.1) is 13.8 Å². The maximum atomic E-state index is 13.5. The smallest absolute Gasteiger partial charge is 0.264 e. The Balaban J connectivity index is 2.19. The maximum absolute atomic E-state index is 13.5. The summed E-state index contributed by atoms with van der Waals surface area (Å²) < 4.78 is 52.0. The van der Waals surface area contributed by atoms with E-state index in [1.54, 1.807) is 19.1 Å². The molecule has 0 spiro atoms. The number of sulfone groups is 1. The molecule has 0 aliphatic carbocycles. The summed E-state index contributed by atoms with van der Waals surface area (Å²) in [7, 11) is -7.66. The van der Waals surface area contributed by atoms with Crippen molar-refractivity contribution in [2.75, 3.05) is 21.5 Å². The van der Waals surface area contributed by atoms with Gasteiger partial charge in [-0.25, -0.2) is 16.8 Å². The molecule has 1 saturated heterocycles. The Bertz CT molecular complexity index is 1060. The molecule has 3 rings (SSSR count). The van der Waals surface area contributed by atoms with E-state index in [1.165, 1.54) is 30.3 Å². The molecular weight excluding hydrogens is 388 g/mol. The minimum absolute atomic E-state index is 0.0708. The molecule has 27 heavy (non-hydrogen) atoms. The lowest BCUT2D eigenvalue weighted by Gasteiger charge is -2.32. The fraction of sp³-hybridized carbons (Fsp3) is 0.333. The first-order chi connectivity index (χ1) is 12.5. The van der Waals surface area contributed by atoms with Crippen molar-refractivity contribution in [1.29, 1.82) is 0 Å². The third kappa shape index (κ3) is 3.80. The van der Waals surface area contributed by atoms with Crippen LogP contribution in [-0.2, 0) is 19.9 Å². The van der Waals surface area contributed by atoms with Crippen LogP contribution in [0.2, 0.25) is 0 Å². The summed E-state index contributed by atoms with van der Waals surface area (Å²) in [5, 5.41) is 10.3. The fourth-order valence-electron chi connectivity index (χ4n) is 3.36. The van der Waals surface area contributed by atoms with E-state index in [2.05, 4.69) is 0 Å².